The minimum Gasteiger partial charge on any atom is -0.371 e. The average Bonchev–Trinajstić information content (AvgIpc) is 2.33. The van der Waals surface area contributed by atoms with Gasteiger partial charge in [-0.1, -0.05) is 12.2 Å². The zero-order valence-electron chi connectivity index (χ0n) is 7.51. The number of ether oxygens (including phenoxy) is 1. The summed E-state index contributed by atoms with van der Waals surface area (Å²) >= 11 is 0. The number of hydrogen-bond acceptors (Lipinski definition) is 2. The van der Waals surface area contributed by atoms with E-state index in [-0.39, 0.29) is 5.60 Å². The highest BCUT2D eigenvalue weighted by atomic mass is 16.5. The van der Waals surface area contributed by atoms with Crippen molar-refractivity contribution in [3.05, 3.63) is 12.2 Å². The second kappa shape index (κ2) is 3.58. The first kappa shape index (κ1) is 8.27. The molecule has 2 rings (SSSR count). The Morgan fingerprint density at radius 2 is 2.17 bits per heavy atom. The van der Waals surface area contributed by atoms with E-state index >= 15 is 0 Å². The molecule has 2 aliphatic rings. The molecule has 0 bridgehead atoms. The van der Waals surface area contributed by atoms with E-state index < -0.39 is 0 Å². The summed E-state index contributed by atoms with van der Waals surface area (Å²) < 4.78 is 5.86. The second-order valence-corrected chi connectivity index (χ2v) is 3.77. The van der Waals surface area contributed by atoms with Gasteiger partial charge in [0.25, 0.3) is 0 Å². The predicted octanol–water partition coefficient (Wildman–Crippen LogP) is 1.48. The molecule has 0 radical (unpaired) electrons. The van der Waals surface area contributed by atoms with Crippen molar-refractivity contribution in [3.63, 3.8) is 0 Å². The normalized spacial score (nSPS) is 36.7. The molecule has 1 atom stereocenters. The Hall–Kier alpha value is -0.340. The highest BCUT2D eigenvalue weighted by Gasteiger charge is 2.31. The molecule has 0 saturated carbocycles. The first-order valence-electron chi connectivity index (χ1n) is 4.91. The SMILES string of the molecule is C1=CCC2(CCCNCC2)OC1. The molecular weight excluding hydrogens is 150 g/mol. The molecule has 1 unspecified atom stereocenters. The minimum atomic E-state index is 0.193. The molecule has 68 valence electrons. The van der Waals surface area contributed by atoms with Crippen LogP contribution in [0, 0.1) is 0 Å². The van der Waals surface area contributed by atoms with Crippen molar-refractivity contribution < 1.29 is 4.74 Å². The van der Waals surface area contributed by atoms with E-state index in [1.54, 1.807) is 0 Å². The van der Waals surface area contributed by atoms with Gasteiger partial charge < -0.3 is 10.1 Å². The summed E-state index contributed by atoms with van der Waals surface area (Å²) in [5.41, 5.74) is 0.193. The van der Waals surface area contributed by atoms with E-state index in [1.165, 1.54) is 19.3 Å². The largest absolute Gasteiger partial charge is 0.371 e. The van der Waals surface area contributed by atoms with Crippen LogP contribution in [0.25, 0.3) is 0 Å². The molecule has 1 spiro atoms. The van der Waals surface area contributed by atoms with Gasteiger partial charge in [-0.2, -0.15) is 0 Å². The standard InChI is InChI=1S/C10H17NO/c1-2-9-12-10(4-1)5-3-7-11-8-6-10/h1-2,11H,3-9H2. The van der Waals surface area contributed by atoms with Crippen molar-refractivity contribution in [2.45, 2.75) is 31.3 Å². The van der Waals surface area contributed by atoms with Gasteiger partial charge in [0, 0.05) is 0 Å². The monoisotopic (exact) mass is 167 g/mol. The third kappa shape index (κ3) is 1.70. The number of nitrogens with one attached hydrogen (secondary N) is 1. The van der Waals surface area contributed by atoms with Gasteiger partial charge in [-0.25, -0.2) is 0 Å². The molecule has 0 aromatic carbocycles. The zero-order chi connectivity index (χ0) is 8.28. The molecule has 2 aliphatic heterocycles. The highest BCUT2D eigenvalue weighted by Crippen LogP contribution is 2.30. The quantitative estimate of drug-likeness (QED) is 0.552. The Morgan fingerprint density at radius 1 is 1.17 bits per heavy atom. The van der Waals surface area contributed by atoms with Crippen LogP contribution in [-0.2, 0) is 4.74 Å². The molecule has 0 aliphatic carbocycles. The summed E-state index contributed by atoms with van der Waals surface area (Å²) in [6.07, 6.45) is 9.18. The van der Waals surface area contributed by atoms with Crippen molar-refractivity contribution in [1.82, 2.24) is 5.32 Å². The lowest BCUT2D eigenvalue weighted by Crippen LogP contribution is -2.35. The molecule has 2 nitrogen and oxygen atoms in total. The highest BCUT2D eigenvalue weighted by molar-refractivity contribution is 4.98. The topological polar surface area (TPSA) is 21.3 Å². The van der Waals surface area contributed by atoms with E-state index in [0.717, 1.165) is 26.1 Å². The summed E-state index contributed by atoms with van der Waals surface area (Å²) in [6, 6.07) is 0. The Labute approximate surface area is 74.0 Å². The Morgan fingerprint density at radius 3 is 3.00 bits per heavy atom. The molecule has 1 N–H and O–H groups in total. The smallest absolute Gasteiger partial charge is 0.0733 e. The van der Waals surface area contributed by atoms with Crippen molar-refractivity contribution in [3.8, 4) is 0 Å². The molecule has 12 heavy (non-hydrogen) atoms. The Kier molecular flexibility index (Phi) is 2.47. The molecule has 0 amide bonds. The fraction of sp³-hybridized carbons (Fsp3) is 0.800. The van der Waals surface area contributed by atoms with E-state index in [4.69, 9.17) is 4.74 Å². The fourth-order valence-corrected chi connectivity index (χ4v) is 2.10. The third-order valence-corrected chi connectivity index (χ3v) is 2.89. The van der Waals surface area contributed by atoms with Crippen LogP contribution in [0.15, 0.2) is 12.2 Å². The van der Waals surface area contributed by atoms with Gasteiger partial charge in [0.2, 0.25) is 0 Å². The Balaban J connectivity index is 2.01. The van der Waals surface area contributed by atoms with Gasteiger partial charge in [-0.15, -0.1) is 0 Å². The van der Waals surface area contributed by atoms with Crippen LogP contribution in [0.1, 0.15) is 25.7 Å². The lowest BCUT2D eigenvalue weighted by Gasteiger charge is -2.33. The summed E-state index contributed by atoms with van der Waals surface area (Å²) in [6.45, 7) is 3.10. The van der Waals surface area contributed by atoms with Gasteiger partial charge in [0.05, 0.1) is 12.2 Å². The first-order chi connectivity index (χ1) is 5.91. The van der Waals surface area contributed by atoms with Gasteiger partial charge in [-0.3, -0.25) is 0 Å². The predicted molar refractivity (Wildman–Crippen MR) is 49.2 cm³/mol. The fourth-order valence-electron chi connectivity index (χ4n) is 2.10. The van der Waals surface area contributed by atoms with Crippen LogP contribution in [0.2, 0.25) is 0 Å². The molecular formula is C10H17NO. The maximum Gasteiger partial charge on any atom is 0.0733 e. The van der Waals surface area contributed by atoms with Crippen molar-refractivity contribution in [1.29, 1.82) is 0 Å². The van der Waals surface area contributed by atoms with E-state index in [1.807, 2.05) is 0 Å². The van der Waals surface area contributed by atoms with Gasteiger partial charge in [0.1, 0.15) is 0 Å². The summed E-state index contributed by atoms with van der Waals surface area (Å²) in [4.78, 5) is 0. The van der Waals surface area contributed by atoms with Gasteiger partial charge in [-0.05, 0) is 38.8 Å². The van der Waals surface area contributed by atoms with Gasteiger partial charge >= 0.3 is 0 Å². The minimum absolute atomic E-state index is 0.193. The number of hydrogen-bond donors (Lipinski definition) is 1. The van der Waals surface area contributed by atoms with Crippen molar-refractivity contribution in [2.24, 2.45) is 0 Å². The molecule has 0 aromatic rings. The third-order valence-electron chi connectivity index (χ3n) is 2.89. The van der Waals surface area contributed by atoms with Crippen LogP contribution in [0.5, 0.6) is 0 Å². The van der Waals surface area contributed by atoms with Crippen molar-refractivity contribution in [2.75, 3.05) is 19.7 Å². The molecule has 1 fully saturated rings. The average molecular weight is 167 g/mol. The lowest BCUT2D eigenvalue weighted by molar-refractivity contribution is -0.0449. The van der Waals surface area contributed by atoms with E-state index in [2.05, 4.69) is 17.5 Å². The maximum atomic E-state index is 5.86. The summed E-state index contributed by atoms with van der Waals surface area (Å²) in [5.74, 6) is 0. The first-order valence-corrected chi connectivity index (χ1v) is 4.91. The van der Waals surface area contributed by atoms with Crippen LogP contribution in [0.3, 0.4) is 0 Å². The van der Waals surface area contributed by atoms with Crippen LogP contribution in [-0.4, -0.2) is 25.3 Å². The van der Waals surface area contributed by atoms with E-state index in [0.29, 0.717) is 0 Å². The summed E-state index contributed by atoms with van der Waals surface area (Å²) in [7, 11) is 0. The molecule has 2 heterocycles. The summed E-state index contributed by atoms with van der Waals surface area (Å²) in [5, 5.41) is 3.41. The van der Waals surface area contributed by atoms with Crippen LogP contribution < -0.4 is 5.32 Å². The second-order valence-electron chi connectivity index (χ2n) is 3.77. The van der Waals surface area contributed by atoms with E-state index in [9.17, 15) is 0 Å². The van der Waals surface area contributed by atoms with Crippen LogP contribution in [0.4, 0.5) is 0 Å². The van der Waals surface area contributed by atoms with Crippen LogP contribution >= 0.6 is 0 Å². The number of rotatable bonds is 0. The molecule has 2 heteroatoms. The zero-order valence-corrected chi connectivity index (χ0v) is 7.51. The molecule has 1 saturated heterocycles. The van der Waals surface area contributed by atoms with Gasteiger partial charge in [0.15, 0.2) is 0 Å². The lowest BCUT2D eigenvalue weighted by atomic mass is 9.89. The maximum absolute atomic E-state index is 5.86. The Bertz CT molecular complexity index is 169. The van der Waals surface area contributed by atoms with Crippen molar-refractivity contribution >= 4 is 0 Å². The molecule has 0 aromatic heterocycles.